The number of non-ortho nitro benzene ring substituents is 1. The molecule has 70 valence electrons. The van der Waals surface area contributed by atoms with Crippen LogP contribution < -0.4 is 5.73 Å². The number of nitrogens with one attached hydrogen (secondary N) is 1. The van der Waals surface area contributed by atoms with Gasteiger partial charge in [0.1, 0.15) is 5.71 Å². The highest BCUT2D eigenvalue weighted by atomic mass is 16.6. The summed E-state index contributed by atoms with van der Waals surface area (Å²) in [6.45, 7) is 0. The first-order chi connectivity index (χ1) is 6.56. The topological polar surface area (TPSA) is 93.0 Å². The number of rotatable bonds is 2. The Morgan fingerprint density at radius 3 is 2.79 bits per heavy atom. The van der Waals surface area contributed by atoms with E-state index in [4.69, 9.17) is 17.6 Å². The van der Waals surface area contributed by atoms with Crippen LogP contribution in [-0.4, -0.2) is 10.6 Å². The lowest BCUT2D eigenvalue weighted by Crippen LogP contribution is -2.02. The number of anilines is 1. The molecule has 0 aliphatic rings. The van der Waals surface area contributed by atoms with Crippen molar-refractivity contribution < 1.29 is 4.92 Å². The van der Waals surface area contributed by atoms with E-state index >= 15 is 0 Å². The van der Waals surface area contributed by atoms with E-state index in [0.717, 1.165) is 0 Å². The largest absolute Gasteiger partial charge is 0.398 e. The molecule has 0 amide bonds. The number of nitrogens with zero attached hydrogens (tertiary/aromatic N) is 1. The van der Waals surface area contributed by atoms with Crippen molar-refractivity contribution in [3.8, 4) is 12.3 Å². The number of benzene rings is 1. The summed E-state index contributed by atoms with van der Waals surface area (Å²) in [5.41, 5.74) is 5.69. The van der Waals surface area contributed by atoms with Gasteiger partial charge in [0.15, 0.2) is 0 Å². The fraction of sp³-hybridized carbons (Fsp3) is 0. The number of nitrogens with two attached hydrogens (primary N) is 1. The average molecular weight is 189 g/mol. The fourth-order valence-corrected chi connectivity index (χ4v) is 0.952. The van der Waals surface area contributed by atoms with Gasteiger partial charge in [-0.1, -0.05) is 5.92 Å². The van der Waals surface area contributed by atoms with Gasteiger partial charge >= 0.3 is 0 Å². The predicted octanol–water partition coefficient (Wildman–Crippen LogP) is 1.18. The van der Waals surface area contributed by atoms with Crippen molar-refractivity contribution >= 4 is 17.1 Å². The van der Waals surface area contributed by atoms with Gasteiger partial charge in [-0.2, -0.15) is 0 Å². The van der Waals surface area contributed by atoms with Crippen molar-refractivity contribution in [1.29, 1.82) is 5.41 Å². The Bertz CT molecular complexity index is 446. The third-order valence-electron chi connectivity index (χ3n) is 1.66. The van der Waals surface area contributed by atoms with Crippen LogP contribution in [-0.2, 0) is 0 Å². The normalized spacial score (nSPS) is 9.07. The summed E-state index contributed by atoms with van der Waals surface area (Å²) in [5, 5.41) is 17.7. The van der Waals surface area contributed by atoms with Crippen molar-refractivity contribution in [1.82, 2.24) is 0 Å². The minimum Gasteiger partial charge on any atom is -0.398 e. The van der Waals surface area contributed by atoms with Crippen molar-refractivity contribution in [2.45, 2.75) is 0 Å². The predicted molar refractivity (Wildman–Crippen MR) is 53.2 cm³/mol. The highest BCUT2D eigenvalue weighted by Crippen LogP contribution is 2.19. The summed E-state index contributed by atoms with van der Waals surface area (Å²) >= 11 is 0. The molecule has 0 atom stereocenters. The number of nitrogen functional groups attached to an aromatic ring is 1. The van der Waals surface area contributed by atoms with Crippen LogP contribution in [0.4, 0.5) is 11.4 Å². The van der Waals surface area contributed by atoms with E-state index in [2.05, 4.69) is 5.92 Å². The molecule has 0 aromatic heterocycles. The molecule has 1 aromatic carbocycles. The molecule has 0 radical (unpaired) electrons. The van der Waals surface area contributed by atoms with Gasteiger partial charge in [-0.05, 0) is 6.07 Å². The van der Waals surface area contributed by atoms with E-state index in [1.807, 2.05) is 0 Å². The SMILES string of the molecule is C#CC(=N)c1cc([N+](=O)[O-])ccc1N. The maximum absolute atomic E-state index is 10.4. The molecule has 0 spiro atoms. The summed E-state index contributed by atoms with van der Waals surface area (Å²) in [4.78, 5) is 9.86. The van der Waals surface area contributed by atoms with Gasteiger partial charge in [0.25, 0.3) is 5.69 Å². The van der Waals surface area contributed by atoms with Crippen LogP contribution in [0.25, 0.3) is 0 Å². The van der Waals surface area contributed by atoms with Crippen LogP contribution in [0.5, 0.6) is 0 Å². The van der Waals surface area contributed by atoms with Crippen molar-refractivity contribution in [3.05, 3.63) is 33.9 Å². The summed E-state index contributed by atoms with van der Waals surface area (Å²) in [5.74, 6) is 2.07. The molecule has 5 nitrogen and oxygen atoms in total. The van der Waals surface area contributed by atoms with Gasteiger partial charge in [-0.15, -0.1) is 6.42 Å². The molecule has 0 aliphatic carbocycles. The minimum absolute atomic E-state index is 0.130. The van der Waals surface area contributed by atoms with E-state index in [1.165, 1.54) is 18.2 Å². The number of hydrogen-bond donors (Lipinski definition) is 2. The smallest absolute Gasteiger partial charge is 0.270 e. The second kappa shape index (κ2) is 3.58. The second-order valence-electron chi connectivity index (χ2n) is 2.55. The standard InChI is InChI=1S/C9H7N3O2/c1-2-8(10)7-5-6(12(13)14)3-4-9(7)11/h1,3-5,10H,11H2. The minimum atomic E-state index is -0.563. The first-order valence-corrected chi connectivity index (χ1v) is 3.65. The van der Waals surface area contributed by atoms with Gasteiger partial charge in [0, 0.05) is 23.4 Å². The van der Waals surface area contributed by atoms with Crippen molar-refractivity contribution in [3.63, 3.8) is 0 Å². The molecule has 3 N–H and O–H groups in total. The Kier molecular flexibility index (Phi) is 2.49. The number of terminal acetylenes is 1. The first kappa shape index (κ1) is 9.74. The molecular weight excluding hydrogens is 182 g/mol. The fourth-order valence-electron chi connectivity index (χ4n) is 0.952. The second-order valence-corrected chi connectivity index (χ2v) is 2.55. The zero-order valence-corrected chi connectivity index (χ0v) is 7.15. The van der Waals surface area contributed by atoms with Gasteiger partial charge in [-0.25, -0.2) is 0 Å². The molecule has 1 aromatic rings. The Balaban J connectivity index is 3.30. The van der Waals surface area contributed by atoms with Gasteiger partial charge in [-0.3, -0.25) is 15.5 Å². The zero-order chi connectivity index (χ0) is 10.7. The Hall–Kier alpha value is -2.35. The molecule has 0 saturated carbocycles. The summed E-state index contributed by atoms with van der Waals surface area (Å²) < 4.78 is 0. The highest BCUT2D eigenvalue weighted by Gasteiger charge is 2.10. The average Bonchev–Trinajstić information content (AvgIpc) is 2.17. The van der Waals surface area contributed by atoms with E-state index in [0.29, 0.717) is 0 Å². The molecule has 5 heteroatoms. The molecule has 0 saturated heterocycles. The molecule has 1 rings (SSSR count). The summed E-state index contributed by atoms with van der Waals surface area (Å²) in [6, 6.07) is 3.82. The highest BCUT2D eigenvalue weighted by molar-refractivity contribution is 6.13. The Morgan fingerprint density at radius 2 is 2.29 bits per heavy atom. The van der Waals surface area contributed by atoms with Crippen LogP contribution >= 0.6 is 0 Å². The first-order valence-electron chi connectivity index (χ1n) is 3.65. The van der Waals surface area contributed by atoms with Crippen LogP contribution in [0.2, 0.25) is 0 Å². The van der Waals surface area contributed by atoms with Crippen molar-refractivity contribution in [2.24, 2.45) is 0 Å². The molecule has 14 heavy (non-hydrogen) atoms. The maximum atomic E-state index is 10.4. The summed E-state index contributed by atoms with van der Waals surface area (Å²) in [7, 11) is 0. The zero-order valence-electron chi connectivity index (χ0n) is 7.15. The van der Waals surface area contributed by atoms with Crippen LogP contribution in [0.1, 0.15) is 5.56 Å². The Labute approximate surface area is 80.2 Å². The molecule has 0 unspecified atom stereocenters. The third kappa shape index (κ3) is 1.69. The quantitative estimate of drug-likeness (QED) is 0.240. The van der Waals surface area contributed by atoms with Gasteiger partial charge < -0.3 is 5.73 Å². The molecule has 0 fully saturated rings. The maximum Gasteiger partial charge on any atom is 0.270 e. The van der Waals surface area contributed by atoms with Crippen molar-refractivity contribution in [2.75, 3.05) is 5.73 Å². The number of nitro groups is 1. The monoisotopic (exact) mass is 189 g/mol. The Morgan fingerprint density at radius 1 is 1.64 bits per heavy atom. The molecule has 0 heterocycles. The molecule has 0 bridgehead atoms. The lowest BCUT2D eigenvalue weighted by Gasteiger charge is -2.01. The molecular formula is C9H7N3O2. The lowest BCUT2D eigenvalue weighted by atomic mass is 10.1. The van der Waals surface area contributed by atoms with E-state index in [9.17, 15) is 10.1 Å². The third-order valence-corrected chi connectivity index (χ3v) is 1.66. The number of hydrogen-bond acceptors (Lipinski definition) is 4. The van der Waals surface area contributed by atoms with Gasteiger partial charge in [0.05, 0.1) is 4.92 Å². The summed E-state index contributed by atoms with van der Waals surface area (Å²) in [6.07, 6.45) is 5.00. The van der Waals surface area contributed by atoms with Gasteiger partial charge in [0.2, 0.25) is 0 Å². The van der Waals surface area contributed by atoms with E-state index in [1.54, 1.807) is 0 Å². The van der Waals surface area contributed by atoms with Crippen LogP contribution in [0.3, 0.4) is 0 Å². The van der Waals surface area contributed by atoms with E-state index in [-0.39, 0.29) is 22.6 Å². The van der Waals surface area contributed by atoms with E-state index < -0.39 is 4.92 Å². The van der Waals surface area contributed by atoms with Crippen LogP contribution in [0, 0.1) is 27.9 Å². The lowest BCUT2D eigenvalue weighted by molar-refractivity contribution is -0.384. The molecule has 0 aliphatic heterocycles. The number of nitro benzene ring substituents is 1. The van der Waals surface area contributed by atoms with Crippen LogP contribution in [0.15, 0.2) is 18.2 Å².